The summed E-state index contributed by atoms with van der Waals surface area (Å²) >= 11 is 0. The lowest BCUT2D eigenvalue weighted by Crippen LogP contribution is -2.52. The number of likely N-dealkylation sites (tertiary alicyclic amines) is 2. The van der Waals surface area contributed by atoms with Crippen molar-refractivity contribution in [3.63, 3.8) is 0 Å². The van der Waals surface area contributed by atoms with Crippen LogP contribution < -0.4 is 5.32 Å². The molecule has 4 rings (SSSR count). The van der Waals surface area contributed by atoms with Gasteiger partial charge in [0.2, 0.25) is 5.91 Å². The molecule has 0 radical (unpaired) electrons. The summed E-state index contributed by atoms with van der Waals surface area (Å²) in [4.78, 5) is 33.8. The average Bonchev–Trinajstić information content (AvgIpc) is 3.37. The zero-order valence-corrected chi connectivity index (χ0v) is 14.8. The molecule has 1 aliphatic carbocycles. The molecule has 1 spiro atoms. The van der Waals surface area contributed by atoms with E-state index >= 15 is 0 Å². The molecule has 1 unspecified atom stereocenters. The van der Waals surface area contributed by atoms with E-state index in [1.807, 2.05) is 34.9 Å². The number of carbonyl (C=O) groups is 2. The van der Waals surface area contributed by atoms with Crippen LogP contribution in [0.25, 0.3) is 0 Å². The molecule has 0 bridgehead atoms. The van der Waals surface area contributed by atoms with Crippen molar-refractivity contribution < 1.29 is 9.59 Å². The maximum atomic E-state index is 13.1. The first kappa shape index (κ1) is 16.4. The molecule has 1 N–H and O–H groups in total. The van der Waals surface area contributed by atoms with E-state index in [-0.39, 0.29) is 17.4 Å². The molecular weight excluding hydrogens is 316 g/mol. The zero-order valence-electron chi connectivity index (χ0n) is 14.8. The molecule has 6 nitrogen and oxygen atoms in total. The Morgan fingerprint density at radius 3 is 2.92 bits per heavy atom. The SMILES string of the molecule is Cc1cccc(CN2CCC3(CCCN(C(=O)NC4CC4)C3)C2=O)n1. The summed E-state index contributed by atoms with van der Waals surface area (Å²) in [5, 5.41) is 3.05. The summed E-state index contributed by atoms with van der Waals surface area (Å²) in [6.45, 7) is 4.60. The molecule has 3 fully saturated rings. The van der Waals surface area contributed by atoms with E-state index in [0.29, 0.717) is 19.1 Å². The van der Waals surface area contributed by atoms with E-state index in [2.05, 4.69) is 10.3 Å². The Kier molecular flexibility index (Phi) is 4.13. The van der Waals surface area contributed by atoms with E-state index in [9.17, 15) is 9.59 Å². The largest absolute Gasteiger partial charge is 0.336 e. The van der Waals surface area contributed by atoms with Crippen molar-refractivity contribution in [1.29, 1.82) is 0 Å². The van der Waals surface area contributed by atoms with Crippen LogP contribution in [0.2, 0.25) is 0 Å². The molecular formula is C19H26N4O2. The number of rotatable bonds is 3. The van der Waals surface area contributed by atoms with Crippen molar-refractivity contribution >= 4 is 11.9 Å². The first-order valence-electron chi connectivity index (χ1n) is 9.33. The number of aryl methyl sites for hydroxylation is 1. The molecule has 3 heterocycles. The minimum atomic E-state index is -0.386. The summed E-state index contributed by atoms with van der Waals surface area (Å²) in [7, 11) is 0. The predicted molar refractivity (Wildman–Crippen MR) is 93.8 cm³/mol. The van der Waals surface area contributed by atoms with Crippen LogP contribution in [-0.4, -0.2) is 52.4 Å². The van der Waals surface area contributed by atoms with Crippen molar-refractivity contribution in [2.75, 3.05) is 19.6 Å². The smallest absolute Gasteiger partial charge is 0.317 e. The Labute approximate surface area is 148 Å². The number of aromatic nitrogens is 1. The third-order valence-corrected chi connectivity index (χ3v) is 5.67. The Morgan fingerprint density at radius 1 is 1.32 bits per heavy atom. The van der Waals surface area contributed by atoms with Gasteiger partial charge in [-0.15, -0.1) is 0 Å². The molecule has 6 heteroatoms. The van der Waals surface area contributed by atoms with Crippen molar-refractivity contribution in [2.45, 2.75) is 51.6 Å². The third-order valence-electron chi connectivity index (χ3n) is 5.67. The number of nitrogens with zero attached hydrogens (tertiary/aromatic N) is 3. The van der Waals surface area contributed by atoms with Gasteiger partial charge in [-0.1, -0.05) is 6.07 Å². The number of hydrogen-bond donors (Lipinski definition) is 1. The summed E-state index contributed by atoms with van der Waals surface area (Å²) in [6.07, 6.45) is 4.80. The lowest BCUT2D eigenvalue weighted by Gasteiger charge is -2.39. The minimum absolute atomic E-state index is 0.00757. The molecule has 3 aliphatic rings. The van der Waals surface area contributed by atoms with Gasteiger partial charge < -0.3 is 15.1 Å². The fraction of sp³-hybridized carbons (Fsp3) is 0.632. The van der Waals surface area contributed by atoms with E-state index < -0.39 is 0 Å². The fourth-order valence-electron chi connectivity index (χ4n) is 4.10. The molecule has 3 amide bonds. The summed E-state index contributed by atoms with van der Waals surface area (Å²) < 4.78 is 0. The molecule has 1 atom stereocenters. The first-order valence-corrected chi connectivity index (χ1v) is 9.33. The Balaban J connectivity index is 1.43. The standard InChI is InChI=1S/C19H26N4O2/c1-14-4-2-5-16(20-14)12-22-11-9-19(17(22)24)8-3-10-23(13-19)18(25)21-15-6-7-15/h2,4-5,15H,3,6-13H2,1H3,(H,21,25). The number of hydrogen-bond acceptors (Lipinski definition) is 3. The van der Waals surface area contributed by atoms with Gasteiger partial charge in [0.25, 0.3) is 0 Å². The number of nitrogens with one attached hydrogen (secondary N) is 1. The maximum Gasteiger partial charge on any atom is 0.317 e. The van der Waals surface area contributed by atoms with Crippen LogP contribution in [0, 0.1) is 12.3 Å². The Morgan fingerprint density at radius 2 is 2.16 bits per heavy atom. The second-order valence-electron chi connectivity index (χ2n) is 7.78. The van der Waals surface area contributed by atoms with Crippen molar-refractivity contribution in [3.05, 3.63) is 29.6 Å². The zero-order chi connectivity index (χ0) is 17.4. The number of amides is 3. The first-order chi connectivity index (χ1) is 12.1. The van der Waals surface area contributed by atoms with Gasteiger partial charge in [-0.05, 0) is 51.2 Å². The van der Waals surface area contributed by atoms with Crippen molar-refractivity contribution in [1.82, 2.24) is 20.1 Å². The van der Waals surface area contributed by atoms with Gasteiger partial charge in [-0.2, -0.15) is 0 Å². The molecule has 1 aromatic heterocycles. The van der Waals surface area contributed by atoms with Gasteiger partial charge in [0.1, 0.15) is 0 Å². The topological polar surface area (TPSA) is 65.5 Å². The van der Waals surface area contributed by atoms with Crippen molar-refractivity contribution in [3.8, 4) is 0 Å². The fourth-order valence-corrected chi connectivity index (χ4v) is 4.10. The number of pyridine rings is 1. The lowest BCUT2D eigenvalue weighted by molar-refractivity contribution is -0.138. The summed E-state index contributed by atoms with van der Waals surface area (Å²) in [5.41, 5.74) is 1.52. The van der Waals surface area contributed by atoms with Crippen LogP contribution >= 0.6 is 0 Å². The van der Waals surface area contributed by atoms with Gasteiger partial charge in [0, 0.05) is 31.4 Å². The van der Waals surface area contributed by atoms with Crippen molar-refractivity contribution in [2.24, 2.45) is 5.41 Å². The number of piperidine rings is 1. The second kappa shape index (κ2) is 6.32. The van der Waals surface area contributed by atoms with E-state index in [4.69, 9.17) is 0 Å². The quantitative estimate of drug-likeness (QED) is 0.914. The highest BCUT2D eigenvalue weighted by Gasteiger charge is 2.49. The van der Waals surface area contributed by atoms with Crippen LogP contribution in [0.5, 0.6) is 0 Å². The molecule has 134 valence electrons. The minimum Gasteiger partial charge on any atom is -0.336 e. The van der Waals surface area contributed by atoms with Gasteiger partial charge >= 0.3 is 6.03 Å². The van der Waals surface area contributed by atoms with Gasteiger partial charge in [0.15, 0.2) is 0 Å². The summed E-state index contributed by atoms with van der Waals surface area (Å²) in [6, 6.07) is 6.29. The normalized spacial score (nSPS) is 26.4. The van der Waals surface area contributed by atoms with Crippen LogP contribution in [0.1, 0.15) is 43.5 Å². The molecule has 2 aliphatic heterocycles. The Hall–Kier alpha value is -2.11. The molecule has 25 heavy (non-hydrogen) atoms. The van der Waals surface area contributed by atoms with Crippen LogP contribution in [-0.2, 0) is 11.3 Å². The van der Waals surface area contributed by atoms with Crippen LogP contribution in [0.15, 0.2) is 18.2 Å². The highest BCUT2D eigenvalue weighted by molar-refractivity contribution is 5.86. The van der Waals surface area contributed by atoms with Crippen LogP contribution in [0.4, 0.5) is 4.79 Å². The molecule has 1 saturated carbocycles. The van der Waals surface area contributed by atoms with Gasteiger partial charge in [-0.3, -0.25) is 9.78 Å². The summed E-state index contributed by atoms with van der Waals surface area (Å²) in [5.74, 6) is 0.194. The highest BCUT2D eigenvalue weighted by atomic mass is 16.2. The number of urea groups is 1. The average molecular weight is 342 g/mol. The van der Waals surface area contributed by atoms with E-state index in [0.717, 1.165) is 56.6 Å². The van der Waals surface area contributed by atoms with Gasteiger partial charge in [-0.25, -0.2) is 4.79 Å². The van der Waals surface area contributed by atoms with Crippen LogP contribution in [0.3, 0.4) is 0 Å². The molecule has 0 aromatic carbocycles. The molecule has 1 aromatic rings. The third kappa shape index (κ3) is 3.34. The predicted octanol–water partition coefficient (Wildman–Crippen LogP) is 2.08. The van der Waals surface area contributed by atoms with E-state index in [1.54, 1.807) is 0 Å². The van der Waals surface area contributed by atoms with Gasteiger partial charge in [0.05, 0.1) is 17.7 Å². The Bertz CT molecular complexity index is 688. The highest BCUT2D eigenvalue weighted by Crippen LogP contribution is 2.40. The second-order valence-corrected chi connectivity index (χ2v) is 7.78. The van der Waals surface area contributed by atoms with E-state index in [1.165, 1.54) is 0 Å². The number of carbonyl (C=O) groups excluding carboxylic acids is 2. The maximum absolute atomic E-state index is 13.1. The monoisotopic (exact) mass is 342 g/mol. The lowest BCUT2D eigenvalue weighted by atomic mass is 9.78. The molecule has 2 saturated heterocycles.